The fourth-order valence-corrected chi connectivity index (χ4v) is 2.94. The standard InChI is InChI=1S/C19H24N4O4/c1-22-8-9-23(19(22)26)16-6-4-15(5-7-16)21-18(25)20-12-14(13-24)11-17-3-2-10-27-17/h2-7,10,14,24H,8-9,11-13H2,1H3,(H2,20,21,25)/t14-/m1/s1. The fourth-order valence-electron chi connectivity index (χ4n) is 2.94. The maximum Gasteiger partial charge on any atom is 0.324 e. The van der Waals surface area contributed by atoms with Gasteiger partial charge in [0.15, 0.2) is 0 Å². The molecule has 0 saturated carbocycles. The van der Waals surface area contributed by atoms with E-state index in [1.165, 1.54) is 0 Å². The number of furan rings is 1. The van der Waals surface area contributed by atoms with Crippen molar-refractivity contribution in [3.63, 3.8) is 0 Å². The molecule has 0 aliphatic carbocycles. The number of aliphatic hydroxyl groups is 1. The maximum atomic E-state index is 12.1. The number of aliphatic hydroxyl groups excluding tert-OH is 1. The Labute approximate surface area is 157 Å². The van der Waals surface area contributed by atoms with Crippen molar-refractivity contribution in [1.82, 2.24) is 10.2 Å². The lowest BCUT2D eigenvalue weighted by Gasteiger charge is -2.17. The van der Waals surface area contributed by atoms with Crippen molar-refractivity contribution in [2.24, 2.45) is 5.92 Å². The Morgan fingerprint density at radius 2 is 2.04 bits per heavy atom. The third-order valence-electron chi connectivity index (χ3n) is 4.53. The molecule has 2 aromatic rings. The minimum atomic E-state index is -0.349. The van der Waals surface area contributed by atoms with Gasteiger partial charge in [0.25, 0.3) is 0 Å². The molecule has 3 N–H and O–H groups in total. The molecule has 1 aromatic heterocycles. The Kier molecular flexibility index (Phi) is 5.97. The van der Waals surface area contributed by atoms with E-state index in [0.29, 0.717) is 31.7 Å². The molecule has 0 spiro atoms. The van der Waals surface area contributed by atoms with Gasteiger partial charge >= 0.3 is 12.1 Å². The number of anilines is 2. The van der Waals surface area contributed by atoms with Crippen molar-refractivity contribution in [3.8, 4) is 0 Å². The molecule has 144 valence electrons. The second-order valence-electron chi connectivity index (χ2n) is 6.57. The molecule has 8 nitrogen and oxygen atoms in total. The maximum absolute atomic E-state index is 12.1. The van der Waals surface area contributed by atoms with E-state index in [4.69, 9.17) is 4.42 Å². The number of rotatable bonds is 7. The first-order valence-corrected chi connectivity index (χ1v) is 8.87. The summed E-state index contributed by atoms with van der Waals surface area (Å²) in [6.07, 6.45) is 2.14. The van der Waals surface area contributed by atoms with Crippen LogP contribution in [0.15, 0.2) is 47.1 Å². The first-order chi connectivity index (χ1) is 13.1. The van der Waals surface area contributed by atoms with Gasteiger partial charge in [-0.1, -0.05) is 0 Å². The predicted octanol–water partition coefficient (Wildman–Crippen LogP) is 2.12. The summed E-state index contributed by atoms with van der Waals surface area (Å²) in [4.78, 5) is 27.4. The normalized spacial score (nSPS) is 15.1. The van der Waals surface area contributed by atoms with Crippen molar-refractivity contribution < 1.29 is 19.1 Å². The van der Waals surface area contributed by atoms with E-state index in [2.05, 4.69) is 10.6 Å². The molecule has 3 rings (SSSR count). The van der Waals surface area contributed by atoms with Gasteiger partial charge in [-0.05, 0) is 36.4 Å². The van der Waals surface area contributed by atoms with E-state index < -0.39 is 0 Å². The van der Waals surface area contributed by atoms with Gasteiger partial charge in [0.2, 0.25) is 0 Å². The Morgan fingerprint density at radius 1 is 1.26 bits per heavy atom. The van der Waals surface area contributed by atoms with Crippen molar-refractivity contribution in [1.29, 1.82) is 0 Å². The number of likely N-dealkylation sites (N-methyl/N-ethyl adjacent to an activating group) is 1. The number of amides is 4. The predicted molar refractivity (Wildman–Crippen MR) is 102 cm³/mol. The Bertz CT molecular complexity index is 761. The summed E-state index contributed by atoms with van der Waals surface area (Å²) in [7, 11) is 1.77. The number of hydrogen-bond donors (Lipinski definition) is 3. The second kappa shape index (κ2) is 8.59. The summed E-state index contributed by atoms with van der Waals surface area (Å²) in [5.41, 5.74) is 1.43. The Morgan fingerprint density at radius 3 is 2.63 bits per heavy atom. The summed E-state index contributed by atoms with van der Waals surface area (Å²) >= 11 is 0. The van der Waals surface area contributed by atoms with Crippen LogP contribution in [0.3, 0.4) is 0 Å². The highest BCUT2D eigenvalue weighted by atomic mass is 16.3. The van der Waals surface area contributed by atoms with Gasteiger partial charge in [-0.25, -0.2) is 9.59 Å². The van der Waals surface area contributed by atoms with Crippen LogP contribution in [0.2, 0.25) is 0 Å². The molecule has 1 aliphatic rings. The smallest absolute Gasteiger partial charge is 0.324 e. The number of hydrogen-bond acceptors (Lipinski definition) is 4. The van der Waals surface area contributed by atoms with E-state index in [0.717, 1.165) is 11.4 Å². The first-order valence-electron chi connectivity index (χ1n) is 8.87. The topological polar surface area (TPSA) is 98.1 Å². The lowest BCUT2D eigenvalue weighted by atomic mass is 10.1. The number of urea groups is 2. The van der Waals surface area contributed by atoms with Crippen LogP contribution in [0.25, 0.3) is 0 Å². The van der Waals surface area contributed by atoms with Gasteiger partial charge in [-0.15, -0.1) is 0 Å². The third-order valence-corrected chi connectivity index (χ3v) is 4.53. The van der Waals surface area contributed by atoms with E-state index in [9.17, 15) is 14.7 Å². The van der Waals surface area contributed by atoms with E-state index in [1.54, 1.807) is 53.4 Å². The lowest BCUT2D eigenvalue weighted by molar-refractivity contribution is 0.213. The van der Waals surface area contributed by atoms with E-state index >= 15 is 0 Å². The molecule has 2 heterocycles. The number of benzene rings is 1. The van der Waals surface area contributed by atoms with Crippen LogP contribution in [0.4, 0.5) is 21.0 Å². The van der Waals surface area contributed by atoms with Crippen molar-refractivity contribution >= 4 is 23.4 Å². The molecule has 8 heteroatoms. The molecule has 4 amide bonds. The molecule has 1 saturated heterocycles. The summed E-state index contributed by atoms with van der Waals surface area (Å²) in [6.45, 7) is 1.63. The van der Waals surface area contributed by atoms with Gasteiger partial charge in [0, 0.05) is 57.0 Å². The lowest BCUT2D eigenvalue weighted by Crippen LogP contribution is -2.35. The van der Waals surface area contributed by atoms with Crippen LogP contribution >= 0.6 is 0 Å². The van der Waals surface area contributed by atoms with Gasteiger partial charge < -0.3 is 25.1 Å². The fraction of sp³-hybridized carbons (Fsp3) is 0.368. The van der Waals surface area contributed by atoms with E-state index in [1.807, 2.05) is 6.07 Å². The van der Waals surface area contributed by atoms with Gasteiger partial charge in [0.05, 0.1) is 6.26 Å². The minimum absolute atomic E-state index is 0.0277. The van der Waals surface area contributed by atoms with Gasteiger partial charge in [0.1, 0.15) is 5.76 Å². The molecule has 1 aromatic carbocycles. The zero-order valence-electron chi connectivity index (χ0n) is 15.2. The zero-order valence-corrected chi connectivity index (χ0v) is 15.2. The summed E-state index contributed by atoms with van der Waals surface area (Å²) in [5, 5.41) is 15.0. The minimum Gasteiger partial charge on any atom is -0.469 e. The molecule has 0 radical (unpaired) electrons. The highest BCUT2D eigenvalue weighted by Gasteiger charge is 2.26. The highest BCUT2D eigenvalue weighted by Crippen LogP contribution is 2.21. The number of nitrogens with one attached hydrogen (secondary N) is 2. The van der Waals surface area contributed by atoms with Crippen molar-refractivity contribution in [2.45, 2.75) is 6.42 Å². The number of nitrogens with zero attached hydrogens (tertiary/aromatic N) is 2. The van der Waals surface area contributed by atoms with Crippen LogP contribution in [-0.4, -0.2) is 55.4 Å². The molecular weight excluding hydrogens is 348 g/mol. The average Bonchev–Trinajstić information content (AvgIpc) is 3.30. The van der Waals surface area contributed by atoms with Crippen LogP contribution < -0.4 is 15.5 Å². The van der Waals surface area contributed by atoms with Crippen molar-refractivity contribution in [3.05, 3.63) is 48.4 Å². The average molecular weight is 372 g/mol. The molecule has 1 atom stereocenters. The zero-order chi connectivity index (χ0) is 19.2. The highest BCUT2D eigenvalue weighted by molar-refractivity contribution is 5.94. The molecule has 0 bridgehead atoms. The summed E-state index contributed by atoms with van der Waals surface area (Å²) < 4.78 is 5.27. The quantitative estimate of drug-likeness (QED) is 0.693. The van der Waals surface area contributed by atoms with Gasteiger partial charge in [-0.2, -0.15) is 0 Å². The summed E-state index contributed by atoms with van der Waals surface area (Å²) in [6, 6.07) is 10.4. The van der Waals surface area contributed by atoms with Crippen LogP contribution in [0.1, 0.15) is 5.76 Å². The monoisotopic (exact) mass is 372 g/mol. The molecule has 1 aliphatic heterocycles. The summed E-state index contributed by atoms with van der Waals surface area (Å²) in [5.74, 6) is 0.649. The molecule has 0 unspecified atom stereocenters. The van der Waals surface area contributed by atoms with Crippen molar-refractivity contribution in [2.75, 3.05) is 43.5 Å². The number of carbonyl (C=O) groups excluding carboxylic acids is 2. The number of carbonyl (C=O) groups is 2. The third kappa shape index (κ3) is 4.79. The molecular formula is C19H24N4O4. The molecule has 1 fully saturated rings. The Hall–Kier alpha value is -3.00. The van der Waals surface area contributed by atoms with Crippen LogP contribution in [0.5, 0.6) is 0 Å². The second-order valence-corrected chi connectivity index (χ2v) is 6.57. The molecule has 27 heavy (non-hydrogen) atoms. The SMILES string of the molecule is CN1CCN(c2ccc(NC(=O)NC[C@H](CO)Cc3ccco3)cc2)C1=O. The van der Waals surface area contributed by atoms with Gasteiger partial charge in [-0.3, -0.25) is 4.90 Å². The largest absolute Gasteiger partial charge is 0.469 e. The van der Waals surface area contributed by atoms with Crippen LogP contribution in [0, 0.1) is 5.92 Å². The Balaban J connectivity index is 1.48. The first kappa shape index (κ1) is 18.8. The van der Waals surface area contributed by atoms with E-state index in [-0.39, 0.29) is 24.6 Å². The van der Waals surface area contributed by atoms with Crippen LogP contribution in [-0.2, 0) is 6.42 Å².